The highest BCUT2D eigenvalue weighted by Crippen LogP contribution is 2.15. The fourth-order valence-electron chi connectivity index (χ4n) is 1.64. The van der Waals surface area contributed by atoms with Crippen LogP contribution in [0.1, 0.15) is 23.8 Å². The van der Waals surface area contributed by atoms with Crippen molar-refractivity contribution in [1.82, 2.24) is 9.47 Å². The molecule has 0 radical (unpaired) electrons. The minimum absolute atomic E-state index is 0.0219. The van der Waals surface area contributed by atoms with Crippen molar-refractivity contribution in [3.63, 3.8) is 0 Å². The smallest absolute Gasteiger partial charge is 0.325 e. The molecule has 0 aliphatic heterocycles. The highest BCUT2D eigenvalue weighted by molar-refractivity contribution is 9.10. The minimum Gasteiger partial charge on any atom is -0.468 e. The summed E-state index contributed by atoms with van der Waals surface area (Å²) in [6.45, 7) is 2.46. The number of methoxy groups -OCH3 is 1. The fraction of sp³-hybridized carbons (Fsp3) is 0.500. The maximum absolute atomic E-state index is 12.3. The summed E-state index contributed by atoms with van der Waals surface area (Å²) in [6.07, 6.45) is 2.59. The van der Waals surface area contributed by atoms with Gasteiger partial charge in [0.1, 0.15) is 12.2 Å². The van der Waals surface area contributed by atoms with Crippen LogP contribution in [0, 0.1) is 0 Å². The van der Waals surface area contributed by atoms with Gasteiger partial charge >= 0.3 is 5.97 Å². The van der Waals surface area contributed by atoms with Crippen LogP contribution in [-0.2, 0) is 16.6 Å². The summed E-state index contributed by atoms with van der Waals surface area (Å²) in [5, 5.41) is 0. The Morgan fingerprint density at radius 3 is 2.61 bits per heavy atom. The summed E-state index contributed by atoms with van der Waals surface area (Å²) in [7, 11) is 3.11. The van der Waals surface area contributed by atoms with Gasteiger partial charge in [0, 0.05) is 24.3 Å². The lowest BCUT2D eigenvalue weighted by Crippen LogP contribution is -2.37. The Kier molecular flexibility index (Phi) is 5.40. The Balaban J connectivity index is 2.88. The summed E-state index contributed by atoms with van der Waals surface area (Å²) >= 11 is 3.32. The highest BCUT2D eigenvalue weighted by atomic mass is 79.9. The molecule has 0 unspecified atom stereocenters. The summed E-state index contributed by atoms with van der Waals surface area (Å²) in [6, 6.07) is 1.74. The van der Waals surface area contributed by atoms with Gasteiger partial charge < -0.3 is 14.2 Å². The molecular weight excluding hydrogens is 300 g/mol. The maximum atomic E-state index is 12.3. The van der Waals surface area contributed by atoms with Gasteiger partial charge in [-0.3, -0.25) is 9.59 Å². The van der Waals surface area contributed by atoms with Crippen LogP contribution in [0.25, 0.3) is 0 Å². The first-order chi connectivity index (χ1) is 8.49. The molecule has 6 heteroatoms. The van der Waals surface area contributed by atoms with E-state index in [1.807, 2.05) is 6.92 Å². The first kappa shape index (κ1) is 14.8. The zero-order valence-corrected chi connectivity index (χ0v) is 12.4. The van der Waals surface area contributed by atoms with Gasteiger partial charge in [0.05, 0.1) is 7.11 Å². The number of ether oxygens (including phenoxy) is 1. The van der Waals surface area contributed by atoms with Crippen LogP contribution in [0.4, 0.5) is 0 Å². The lowest BCUT2D eigenvalue weighted by atomic mass is 10.3. The number of aromatic nitrogens is 1. The summed E-state index contributed by atoms with van der Waals surface area (Å²) in [5.74, 6) is -0.583. The molecule has 0 fully saturated rings. The topological polar surface area (TPSA) is 51.5 Å². The molecule has 0 aliphatic carbocycles. The van der Waals surface area contributed by atoms with Crippen molar-refractivity contribution in [3.8, 4) is 0 Å². The molecule has 18 heavy (non-hydrogen) atoms. The zero-order chi connectivity index (χ0) is 13.7. The number of nitrogens with zero attached hydrogens (tertiary/aromatic N) is 2. The van der Waals surface area contributed by atoms with E-state index >= 15 is 0 Å². The zero-order valence-electron chi connectivity index (χ0n) is 10.8. The molecule has 0 saturated carbocycles. The fourth-order valence-corrected chi connectivity index (χ4v) is 2.17. The Bertz CT molecular complexity index is 443. The molecule has 0 spiro atoms. The van der Waals surface area contributed by atoms with Gasteiger partial charge in [-0.05, 0) is 28.4 Å². The van der Waals surface area contributed by atoms with E-state index in [2.05, 4.69) is 20.7 Å². The third kappa shape index (κ3) is 3.60. The summed E-state index contributed by atoms with van der Waals surface area (Å²) < 4.78 is 7.16. The number of hydrogen-bond acceptors (Lipinski definition) is 3. The van der Waals surface area contributed by atoms with E-state index in [-0.39, 0.29) is 12.5 Å². The number of carbonyl (C=O) groups is 2. The molecule has 1 amide bonds. The van der Waals surface area contributed by atoms with Crippen molar-refractivity contribution < 1.29 is 14.3 Å². The third-order valence-electron chi connectivity index (χ3n) is 2.52. The third-order valence-corrected chi connectivity index (χ3v) is 2.95. The van der Waals surface area contributed by atoms with Crippen molar-refractivity contribution in [1.29, 1.82) is 0 Å². The van der Waals surface area contributed by atoms with Crippen LogP contribution in [0.5, 0.6) is 0 Å². The van der Waals surface area contributed by atoms with Gasteiger partial charge in [0.15, 0.2) is 0 Å². The number of halogens is 1. The van der Waals surface area contributed by atoms with Crippen LogP contribution in [0.3, 0.4) is 0 Å². The van der Waals surface area contributed by atoms with Gasteiger partial charge in [-0.2, -0.15) is 0 Å². The number of aryl methyl sites for hydroxylation is 1. The van der Waals surface area contributed by atoms with Crippen LogP contribution in [0.15, 0.2) is 16.7 Å². The molecule has 0 atom stereocenters. The van der Waals surface area contributed by atoms with E-state index in [0.717, 1.165) is 10.9 Å². The van der Waals surface area contributed by atoms with Crippen molar-refractivity contribution in [3.05, 3.63) is 22.4 Å². The lowest BCUT2D eigenvalue weighted by Gasteiger charge is -2.20. The van der Waals surface area contributed by atoms with Gasteiger partial charge in [-0.25, -0.2) is 0 Å². The van der Waals surface area contributed by atoms with E-state index in [1.165, 1.54) is 12.0 Å². The summed E-state index contributed by atoms with van der Waals surface area (Å²) in [5.41, 5.74) is 0.541. The molecule has 1 rings (SSSR count). The van der Waals surface area contributed by atoms with Crippen LogP contribution in [-0.4, -0.2) is 41.5 Å². The molecule has 100 valence electrons. The second-order valence-electron chi connectivity index (χ2n) is 3.96. The van der Waals surface area contributed by atoms with Gasteiger partial charge in [-0.15, -0.1) is 0 Å². The summed E-state index contributed by atoms with van der Waals surface area (Å²) in [4.78, 5) is 25.1. The van der Waals surface area contributed by atoms with Crippen molar-refractivity contribution in [2.75, 3.05) is 20.2 Å². The Labute approximate surface area is 115 Å². The maximum Gasteiger partial charge on any atom is 0.325 e. The van der Waals surface area contributed by atoms with Crippen LogP contribution >= 0.6 is 15.9 Å². The molecule has 0 aromatic carbocycles. The van der Waals surface area contributed by atoms with Crippen molar-refractivity contribution in [2.45, 2.75) is 13.3 Å². The van der Waals surface area contributed by atoms with E-state index < -0.39 is 5.97 Å². The molecule has 1 aromatic heterocycles. The van der Waals surface area contributed by atoms with Gasteiger partial charge in [-0.1, -0.05) is 6.92 Å². The van der Waals surface area contributed by atoms with E-state index in [9.17, 15) is 9.59 Å². The Morgan fingerprint density at radius 2 is 2.17 bits per heavy atom. The predicted octanol–water partition coefficient (Wildman–Crippen LogP) is 1.81. The number of rotatable bonds is 5. The molecule has 1 aromatic rings. The molecular formula is C12H17BrN2O3. The molecule has 0 aliphatic rings. The monoisotopic (exact) mass is 316 g/mol. The largest absolute Gasteiger partial charge is 0.468 e. The van der Waals surface area contributed by atoms with E-state index in [1.54, 1.807) is 23.9 Å². The molecule has 5 nitrogen and oxygen atoms in total. The average molecular weight is 317 g/mol. The first-order valence-corrected chi connectivity index (χ1v) is 6.46. The van der Waals surface area contributed by atoms with E-state index in [4.69, 9.17) is 0 Å². The second kappa shape index (κ2) is 6.58. The quantitative estimate of drug-likeness (QED) is 0.778. The van der Waals surface area contributed by atoms with Crippen molar-refractivity contribution >= 4 is 27.8 Å². The minimum atomic E-state index is -0.412. The normalized spacial score (nSPS) is 10.2. The van der Waals surface area contributed by atoms with Crippen LogP contribution < -0.4 is 0 Å². The first-order valence-electron chi connectivity index (χ1n) is 5.67. The number of amides is 1. The molecule has 0 N–H and O–H groups in total. The second-order valence-corrected chi connectivity index (χ2v) is 4.87. The van der Waals surface area contributed by atoms with Gasteiger partial charge in [0.25, 0.3) is 5.91 Å². The number of esters is 1. The number of carbonyl (C=O) groups excluding carboxylic acids is 2. The van der Waals surface area contributed by atoms with Gasteiger partial charge in [0.2, 0.25) is 0 Å². The number of hydrogen-bond donors (Lipinski definition) is 0. The predicted molar refractivity (Wildman–Crippen MR) is 71.3 cm³/mol. The molecule has 0 saturated heterocycles. The molecule has 0 bridgehead atoms. The van der Waals surface area contributed by atoms with Crippen molar-refractivity contribution in [2.24, 2.45) is 7.05 Å². The Hall–Kier alpha value is -1.30. The lowest BCUT2D eigenvalue weighted by molar-refractivity contribution is -0.141. The van der Waals surface area contributed by atoms with E-state index in [0.29, 0.717) is 12.2 Å². The molecule has 1 heterocycles. The SMILES string of the molecule is CCCN(CC(=O)OC)C(=O)c1cc(Br)cn1C. The average Bonchev–Trinajstić information content (AvgIpc) is 2.66. The standard InChI is InChI=1S/C12H17BrN2O3/c1-4-5-15(8-11(16)18-3)12(17)10-6-9(13)7-14(10)2/h6-7H,4-5,8H2,1-3H3. The highest BCUT2D eigenvalue weighted by Gasteiger charge is 2.21. The Morgan fingerprint density at radius 1 is 1.50 bits per heavy atom. The van der Waals surface area contributed by atoms with Crippen LogP contribution in [0.2, 0.25) is 0 Å².